The minimum atomic E-state index is -0.183. The van der Waals surface area contributed by atoms with Crippen LogP contribution in [0.5, 0.6) is 0 Å². The summed E-state index contributed by atoms with van der Waals surface area (Å²) in [6.07, 6.45) is 5.22. The molecule has 1 aromatic carbocycles. The molecule has 0 bridgehead atoms. The lowest BCUT2D eigenvalue weighted by molar-refractivity contribution is 0.0946. The first-order valence-corrected chi connectivity index (χ1v) is 7.72. The van der Waals surface area contributed by atoms with E-state index in [1.807, 2.05) is 54.7 Å². The van der Waals surface area contributed by atoms with E-state index in [4.69, 9.17) is 0 Å². The Morgan fingerprint density at radius 1 is 0.875 bits per heavy atom. The number of nitrogens with one attached hydrogen (secondary N) is 2. The van der Waals surface area contributed by atoms with Crippen molar-refractivity contribution in [2.75, 3.05) is 5.32 Å². The minimum Gasteiger partial charge on any atom is -0.380 e. The quantitative estimate of drug-likeness (QED) is 0.733. The third kappa shape index (κ3) is 4.39. The van der Waals surface area contributed by atoms with Gasteiger partial charge in [0.2, 0.25) is 0 Å². The molecule has 0 unspecified atom stereocenters. The summed E-state index contributed by atoms with van der Waals surface area (Å²) in [4.78, 5) is 20.4. The first kappa shape index (κ1) is 15.7. The van der Waals surface area contributed by atoms with Gasteiger partial charge in [-0.3, -0.25) is 9.78 Å². The van der Waals surface area contributed by atoms with Crippen molar-refractivity contribution < 1.29 is 4.79 Å². The van der Waals surface area contributed by atoms with Gasteiger partial charge in [-0.2, -0.15) is 0 Å². The fourth-order valence-electron chi connectivity index (χ4n) is 2.21. The summed E-state index contributed by atoms with van der Waals surface area (Å²) in [5, 5.41) is 6.11. The first-order chi connectivity index (χ1) is 11.8. The molecule has 2 N–H and O–H groups in total. The normalized spacial score (nSPS) is 10.2. The molecule has 0 atom stereocenters. The average Bonchev–Trinajstić information content (AvgIpc) is 2.66. The summed E-state index contributed by atoms with van der Waals surface area (Å²) in [5.41, 5.74) is 3.40. The number of anilines is 1. The Labute approximate surface area is 140 Å². The highest BCUT2D eigenvalue weighted by Gasteiger charge is 2.06. The van der Waals surface area contributed by atoms with Crippen molar-refractivity contribution in [1.82, 2.24) is 15.3 Å². The van der Waals surface area contributed by atoms with Crippen molar-refractivity contribution in [2.45, 2.75) is 13.1 Å². The van der Waals surface area contributed by atoms with Gasteiger partial charge in [0.05, 0.1) is 11.9 Å². The molecule has 0 saturated heterocycles. The number of carbonyl (C=O) groups excluding carboxylic acids is 1. The van der Waals surface area contributed by atoms with E-state index in [-0.39, 0.29) is 5.91 Å². The van der Waals surface area contributed by atoms with Crippen molar-refractivity contribution in [1.29, 1.82) is 0 Å². The van der Waals surface area contributed by atoms with Crippen LogP contribution in [-0.2, 0) is 13.1 Å². The fraction of sp³-hybridized carbons (Fsp3) is 0.105. The molecule has 2 heterocycles. The van der Waals surface area contributed by atoms with E-state index < -0.39 is 0 Å². The molecule has 5 heteroatoms. The maximum absolute atomic E-state index is 12.1. The predicted molar refractivity (Wildman–Crippen MR) is 93.4 cm³/mol. The zero-order valence-electron chi connectivity index (χ0n) is 13.1. The Morgan fingerprint density at radius 3 is 2.42 bits per heavy atom. The highest BCUT2D eigenvalue weighted by atomic mass is 16.1. The number of aromatic nitrogens is 2. The van der Waals surface area contributed by atoms with Crippen LogP contribution in [0, 0.1) is 0 Å². The van der Waals surface area contributed by atoms with Gasteiger partial charge < -0.3 is 10.6 Å². The van der Waals surface area contributed by atoms with Crippen LogP contribution >= 0.6 is 0 Å². The summed E-state index contributed by atoms with van der Waals surface area (Å²) in [7, 11) is 0. The zero-order chi connectivity index (χ0) is 16.6. The van der Waals surface area contributed by atoms with E-state index in [2.05, 4.69) is 20.6 Å². The SMILES string of the molecule is O=C(NCc1ccccc1)c1ccc(NCc2cccnc2)cn1. The van der Waals surface area contributed by atoms with Gasteiger partial charge in [0.15, 0.2) is 0 Å². The highest BCUT2D eigenvalue weighted by molar-refractivity contribution is 5.92. The molecule has 0 saturated carbocycles. The summed E-state index contributed by atoms with van der Waals surface area (Å²) < 4.78 is 0. The third-order valence-electron chi connectivity index (χ3n) is 3.51. The second-order valence-corrected chi connectivity index (χ2v) is 5.32. The molecule has 5 nitrogen and oxygen atoms in total. The Hall–Kier alpha value is -3.21. The van der Waals surface area contributed by atoms with Gasteiger partial charge in [-0.1, -0.05) is 36.4 Å². The van der Waals surface area contributed by atoms with E-state index >= 15 is 0 Å². The maximum atomic E-state index is 12.1. The molecule has 0 aliphatic rings. The van der Waals surface area contributed by atoms with Gasteiger partial charge in [-0.15, -0.1) is 0 Å². The van der Waals surface area contributed by atoms with Crippen LogP contribution in [0.25, 0.3) is 0 Å². The second kappa shape index (κ2) is 7.87. The molecule has 2 aromatic heterocycles. The van der Waals surface area contributed by atoms with E-state index in [0.29, 0.717) is 18.8 Å². The van der Waals surface area contributed by atoms with Gasteiger partial charge in [-0.05, 0) is 29.3 Å². The summed E-state index contributed by atoms with van der Waals surface area (Å²) in [6.45, 7) is 1.15. The number of carbonyl (C=O) groups is 1. The molecule has 3 rings (SSSR count). The zero-order valence-corrected chi connectivity index (χ0v) is 13.1. The van der Waals surface area contributed by atoms with Crippen LogP contribution in [0.1, 0.15) is 21.6 Å². The van der Waals surface area contributed by atoms with Crippen LogP contribution in [-0.4, -0.2) is 15.9 Å². The van der Waals surface area contributed by atoms with Crippen molar-refractivity contribution in [3.8, 4) is 0 Å². The van der Waals surface area contributed by atoms with E-state index in [9.17, 15) is 4.79 Å². The molecule has 0 aliphatic heterocycles. The molecule has 3 aromatic rings. The number of pyridine rings is 2. The standard InChI is InChI=1S/C19H18N4O/c24-19(23-12-15-5-2-1-3-6-15)18-9-8-17(14-22-18)21-13-16-7-4-10-20-11-16/h1-11,14,21H,12-13H2,(H,23,24). The number of amides is 1. The Balaban J connectivity index is 1.53. The average molecular weight is 318 g/mol. The summed E-state index contributed by atoms with van der Waals surface area (Å²) in [5.74, 6) is -0.183. The Morgan fingerprint density at radius 2 is 1.71 bits per heavy atom. The number of benzene rings is 1. The molecular weight excluding hydrogens is 300 g/mol. The van der Waals surface area contributed by atoms with Crippen molar-refractivity contribution in [3.63, 3.8) is 0 Å². The van der Waals surface area contributed by atoms with E-state index in [1.165, 1.54) is 0 Å². The van der Waals surface area contributed by atoms with Gasteiger partial charge >= 0.3 is 0 Å². The van der Waals surface area contributed by atoms with Gasteiger partial charge in [0.25, 0.3) is 5.91 Å². The first-order valence-electron chi connectivity index (χ1n) is 7.72. The van der Waals surface area contributed by atoms with Crippen molar-refractivity contribution in [3.05, 3.63) is 90.0 Å². The number of nitrogens with zero attached hydrogens (tertiary/aromatic N) is 2. The number of hydrogen-bond donors (Lipinski definition) is 2. The van der Waals surface area contributed by atoms with Gasteiger partial charge in [0.1, 0.15) is 5.69 Å². The molecule has 24 heavy (non-hydrogen) atoms. The molecule has 0 spiro atoms. The maximum Gasteiger partial charge on any atom is 0.270 e. The fourth-order valence-corrected chi connectivity index (χ4v) is 2.21. The second-order valence-electron chi connectivity index (χ2n) is 5.32. The lowest BCUT2D eigenvalue weighted by atomic mass is 10.2. The van der Waals surface area contributed by atoms with E-state index in [0.717, 1.165) is 16.8 Å². The van der Waals surface area contributed by atoms with Crippen LogP contribution in [0.15, 0.2) is 73.2 Å². The smallest absolute Gasteiger partial charge is 0.270 e. The van der Waals surface area contributed by atoms with Crippen LogP contribution in [0.4, 0.5) is 5.69 Å². The number of rotatable bonds is 6. The third-order valence-corrected chi connectivity index (χ3v) is 3.51. The van der Waals surface area contributed by atoms with Gasteiger partial charge in [-0.25, -0.2) is 4.98 Å². The molecule has 120 valence electrons. The van der Waals surface area contributed by atoms with Crippen LogP contribution in [0.2, 0.25) is 0 Å². The minimum absolute atomic E-state index is 0.183. The van der Waals surface area contributed by atoms with Crippen molar-refractivity contribution >= 4 is 11.6 Å². The van der Waals surface area contributed by atoms with E-state index in [1.54, 1.807) is 18.5 Å². The lowest BCUT2D eigenvalue weighted by Gasteiger charge is -2.08. The van der Waals surface area contributed by atoms with Crippen LogP contribution in [0.3, 0.4) is 0 Å². The largest absolute Gasteiger partial charge is 0.380 e. The summed E-state index contributed by atoms with van der Waals surface area (Å²) >= 11 is 0. The lowest BCUT2D eigenvalue weighted by Crippen LogP contribution is -2.23. The predicted octanol–water partition coefficient (Wildman–Crippen LogP) is 3.02. The Kier molecular flexibility index (Phi) is 5.14. The summed E-state index contributed by atoms with van der Waals surface area (Å²) in [6, 6.07) is 17.2. The Bertz CT molecular complexity index is 773. The number of hydrogen-bond acceptors (Lipinski definition) is 4. The van der Waals surface area contributed by atoms with Gasteiger partial charge in [0, 0.05) is 25.5 Å². The molecule has 0 aliphatic carbocycles. The highest BCUT2D eigenvalue weighted by Crippen LogP contribution is 2.08. The topological polar surface area (TPSA) is 66.9 Å². The molecular formula is C19H18N4O. The molecule has 1 amide bonds. The molecule has 0 radical (unpaired) electrons. The molecule has 0 fully saturated rings. The monoisotopic (exact) mass is 318 g/mol. The van der Waals surface area contributed by atoms with Crippen LogP contribution < -0.4 is 10.6 Å². The van der Waals surface area contributed by atoms with Crippen molar-refractivity contribution in [2.24, 2.45) is 0 Å².